The van der Waals surface area contributed by atoms with Crippen molar-refractivity contribution in [3.05, 3.63) is 0 Å². The average Bonchev–Trinajstić information content (AvgIpc) is 1.38. The van der Waals surface area contributed by atoms with E-state index in [9.17, 15) is 0 Å². The van der Waals surface area contributed by atoms with E-state index in [1.807, 2.05) is 0 Å². The second kappa shape index (κ2) is 9.46. The molecule has 0 aromatic rings. The Morgan fingerprint density at radius 1 is 1.43 bits per heavy atom. The molecule has 2 nitrogen and oxygen atoms in total. The second-order valence-electron chi connectivity index (χ2n) is 1.03. The summed E-state index contributed by atoms with van der Waals surface area (Å²) in [6, 6.07) is 0. The first kappa shape index (κ1) is 15.7. The first-order valence-corrected chi connectivity index (χ1v) is 4.05. The van der Waals surface area contributed by atoms with Gasteiger partial charge in [0.2, 0.25) is 0 Å². The van der Waals surface area contributed by atoms with Crippen molar-refractivity contribution in [3.8, 4) is 0 Å². The fourth-order valence-electron chi connectivity index (χ4n) is 0. The monoisotopic (exact) mass is 124 g/mol. The summed E-state index contributed by atoms with van der Waals surface area (Å²) in [5.74, 6) is 0. The number of hydrogen-bond acceptors (Lipinski definition) is 2. The van der Waals surface area contributed by atoms with E-state index in [2.05, 4.69) is 0 Å². The molecule has 2 N–H and O–H groups in total. The summed E-state index contributed by atoms with van der Waals surface area (Å²) in [5, 5.41) is 7.96. The first-order valence-electron chi connectivity index (χ1n) is 1.56. The highest BCUT2D eigenvalue weighted by Crippen LogP contribution is 1.62. The van der Waals surface area contributed by atoms with Crippen molar-refractivity contribution in [2.75, 3.05) is 6.23 Å². The van der Waals surface area contributed by atoms with E-state index in [1.165, 1.54) is 0 Å². The van der Waals surface area contributed by atoms with Gasteiger partial charge in [-0.2, -0.15) is 0 Å². The van der Waals surface area contributed by atoms with E-state index in [4.69, 9.17) is 9.90 Å². The van der Waals surface area contributed by atoms with Crippen LogP contribution in [0.15, 0.2) is 0 Å². The summed E-state index contributed by atoms with van der Waals surface area (Å²) in [5.41, 5.74) is 0. The molecule has 1 atom stereocenters. The van der Waals surface area contributed by atoms with Crippen LogP contribution in [0.5, 0.6) is 0 Å². The topological polar surface area (TPSA) is 40.5 Å². The Morgan fingerprint density at radius 3 is 1.57 bits per heavy atom. The molecule has 0 aliphatic heterocycles. The zero-order valence-electron chi connectivity index (χ0n) is 3.18. The molecule has 7 heavy (non-hydrogen) atoms. The Bertz CT molecular complexity index is 23.7. The lowest BCUT2D eigenvalue weighted by Gasteiger charge is -1.86. The summed E-state index contributed by atoms with van der Waals surface area (Å²) in [7, 11) is -1.59. The minimum atomic E-state index is -1.59. The third-order valence-corrected chi connectivity index (χ3v) is 0.793. The van der Waals surface area contributed by atoms with Crippen molar-refractivity contribution in [1.29, 1.82) is 0 Å². The highest BCUT2D eigenvalue weighted by atomic mass is 28.3. The Hall–Kier alpha value is 0.137. The predicted octanol–water partition coefficient (Wildman–Crippen LogP) is 0.136. The number of aliphatic hydroxyl groups is 1. The molecule has 0 saturated heterocycles. The molecule has 0 radical (unpaired) electrons. The fraction of sp³-hybridized carbons (Fsp3) is 1.00. The maximum absolute atomic E-state index is 8.25. The number of rotatable bonds is 1. The molecule has 0 bridgehead atoms. The fourth-order valence-corrected chi connectivity index (χ4v) is 0. The summed E-state index contributed by atoms with van der Waals surface area (Å²) in [4.78, 5) is 8.25. The van der Waals surface area contributed by atoms with Crippen LogP contribution in [0, 0.1) is 0 Å². The molecular weight excluding hydrogens is 108 g/mol. The largest absolute Gasteiger partial charge is 0.433 e. The first-order chi connectivity index (χ1) is 2.27. The maximum atomic E-state index is 8.25. The molecule has 0 rings (SSSR count). The summed E-state index contributed by atoms with van der Waals surface area (Å²) in [6.45, 7) is 1.67. The third kappa shape index (κ3) is 23.0. The van der Waals surface area contributed by atoms with E-state index >= 15 is 0 Å². The molecule has 3 heteroatoms. The van der Waals surface area contributed by atoms with Crippen LogP contribution in [0.1, 0.15) is 14.9 Å². The van der Waals surface area contributed by atoms with Crippen LogP contribution in [-0.2, 0) is 0 Å². The Labute approximate surface area is 47.5 Å². The van der Waals surface area contributed by atoms with Crippen LogP contribution >= 0.6 is 0 Å². The van der Waals surface area contributed by atoms with E-state index in [0.717, 1.165) is 0 Å². The quantitative estimate of drug-likeness (QED) is 0.488. The highest BCUT2D eigenvalue weighted by Gasteiger charge is 1.88. The van der Waals surface area contributed by atoms with Crippen molar-refractivity contribution >= 4 is 9.04 Å². The van der Waals surface area contributed by atoms with E-state index in [1.54, 1.807) is 6.55 Å². The van der Waals surface area contributed by atoms with Crippen LogP contribution in [0.3, 0.4) is 0 Å². The third-order valence-electron chi connectivity index (χ3n) is 0.264. The van der Waals surface area contributed by atoms with Crippen LogP contribution in [0.2, 0.25) is 6.55 Å². The van der Waals surface area contributed by atoms with E-state index in [0.29, 0.717) is 0 Å². The average molecular weight is 124 g/mol. The van der Waals surface area contributed by atoms with Gasteiger partial charge in [-0.05, 0) is 6.55 Å². The summed E-state index contributed by atoms with van der Waals surface area (Å²) >= 11 is 0. The van der Waals surface area contributed by atoms with Gasteiger partial charge in [-0.1, -0.05) is 14.9 Å². The molecular formula is C4H16O2Si. The maximum Gasteiger partial charge on any atom is 0.194 e. The van der Waals surface area contributed by atoms with Gasteiger partial charge in [0.25, 0.3) is 0 Å². The van der Waals surface area contributed by atoms with Gasteiger partial charge in [0.1, 0.15) is 0 Å². The second-order valence-corrected chi connectivity index (χ2v) is 3.09. The predicted molar refractivity (Wildman–Crippen MR) is 35.8 cm³/mol. The van der Waals surface area contributed by atoms with E-state index in [-0.39, 0.29) is 21.1 Å². The normalized spacial score (nSPS) is 10.7. The molecule has 48 valence electrons. The standard InChI is InChI=1S/C2H8O2Si.2CH4/c1-5(4)2-3;;/h3-5H,2H2,1H3;2*1H4. The van der Waals surface area contributed by atoms with Crippen LogP contribution in [0.25, 0.3) is 0 Å². The lowest BCUT2D eigenvalue weighted by Crippen LogP contribution is -2.10. The van der Waals surface area contributed by atoms with Gasteiger partial charge in [-0.25, -0.2) is 0 Å². The van der Waals surface area contributed by atoms with Crippen molar-refractivity contribution in [3.63, 3.8) is 0 Å². The van der Waals surface area contributed by atoms with Crippen LogP contribution < -0.4 is 0 Å². The lowest BCUT2D eigenvalue weighted by molar-refractivity contribution is 0.341. The molecule has 0 aliphatic carbocycles. The highest BCUT2D eigenvalue weighted by molar-refractivity contribution is 6.48. The van der Waals surface area contributed by atoms with Crippen molar-refractivity contribution in [2.45, 2.75) is 21.4 Å². The van der Waals surface area contributed by atoms with Gasteiger partial charge in [0.15, 0.2) is 9.04 Å². The Kier molecular flexibility index (Phi) is 21.2. The van der Waals surface area contributed by atoms with Gasteiger partial charge in [0.05, 0.1) is 6.23 Å². The molecule has 0 spiro atoms. The smallest absolute Gasteiger partial charge is 0.194 e. The molecule has 0 aromatic heterocycles. The SMILES string of the molecule is C.C.C[SiH](O)CO. The summed E-state index contributed by atoms with van der Waals surface area (Å²) < 4.78 is 0. The molecule has 0 aliphatic rings. The molecule has 0 saturated carbocycles. The van der Waals surface area contributed by atoms with Crippen LogP contribution in [0.4, 0.5) is 0 Å². The summed E-state index contributed by atoms with van der Waals surface area (Å²) in [6.07, 6.45) is 0. The molecule has 0 amide bonds. The number of aliphatic hydroxyl groups excluding tert-OH is 1. The van der Waals surface area contributed by atoms with Gasteiger partial charge in [0, 0.05) is 0 Å². The molecule has 0 heterocycles. The van der Waals surface area contributed by atoms with E-state index < -0.39 is 9.04 Å². The zero-order valence-corrected chi connectivity index (χ0v) is 4.33. The van der Waals surface area contributed by atoms with Gasteiger partial charge in [-0.3, -0.25) is 0 Å². The molecule has 0 fully saturated rings. The number of hydrogen-bond donors (Lipinski definition) is 2. The Balaban J connectivity index is -0.0000000800. The van der Waals surface area contributed by atoms with Crippen molar-refractivity contribution in [1.82, 2.24) is 0 Å². The van der Waals surface area contributed by atoms with Crippen LogP contribution in [-0.4, -0.2) is 25.2 Å². The van der Waals surface area contributed by atoms with Gasteiger partial charge in [-0.15, -0.1) is 0 Å². The lowest BCUT2D eigenvalue weighted by atomic mass is 11.7. The van der Waals surface area contributed by atoms with Gasteiger partial charge >= 0.3 is 0 Å². The van der Waals surface area contributed by atoms with Crippen molar-refractivity contribution < 1.29 is 9.90 Å². The Morgan fingerprint density at radius 2 is 1.57 bits per heavy atom. The van der Waals surface area contributed by atoms with Crippen molar-refractivity contribution in [2.24, 2.45) is 0 Å². The minimum absolute atomic E-state index is 0. The zero-order chi connectivity index (χ0) is 4.28. The molecule has 0 aromatic carbocycles. The minimum Gasteiger partial charge on any atom is -0.433 e. The van der Waals surface area contributed by atoms with Gasteiger partial charge < -0.3 is 9.90 Å². The molecule has 1 unspecified atom stereocenters.